The van der Waals surface area contributed by atoms with E-state index in [0.717, 1.165) is 27.7 Å². The van der Waals surface area contributed by atoms with Crippen molar-refractivity contribution < 1.29 is 0 Å². The van der Waals surface area contributed by atoms with Crippen LogP contribution < -0.4 is 0 Å². The Bertz CT molecular complexity index is 1020. The van der Waals surface area contributed by atoms with Crippen molar-refractivity contribution in [2.24, 2.45) is 7.05 Å². The Morgan fingerprint density at radius 3 is 2.46 bits per heavy atom. The molecule has 0 amide bonds. The summed E-state index contributed by atoms with van der Waals surface area (Å²) >= 11 is 0. The van der Waals surface area contributed by atoms with Crippen LogP contribution in [0.2, 0.25) is 0 Å². The zero-order chi connectivity index (χ0) is 17.3. The van der Waals surface area contributed by atoms with E-state index in [-0.39, 0.29) is 5.70 Å². The summed E-state index contributed by atoms with van der Waals surface area (Å²) in [6, 6.07) is 16.5. The van der Waals surface area contributed by atoms with E-state index in [2.05, 4.69) is 47.5 Å². The van der Waals surface area contributed by atoms with E-state index in [4.69, 9.17) is 6.57 Å². The molecule has 0 spiro atoms. The van der Waals surface area contributed by atoms with Crippen LogP contribution in [0.25, 0.3) is 33.1 Å². The van der Waals surface area contributed by atoms with Gasteiger partial charge in [-0.3, -0.25) is 0 Å². The highest BCUT2D eigenvalue weighted by molar-refractivity contribution is 5.98. The fourth-order valence-electron chi connectivity index (χ4n) is 3.26. The number of aryl methyl sites for hydroxylation is 3. The van der Waals surface area contributed by atoms with Gasteiger partial charge < -0.3 is 4.57 Å². The smallest absolute Gasteiger partial charge is 0.262 e. The second-order valence-corrected chi connectivity index (χ2v) is 5.97. The number of benzene rings is 2. The number of fused-ring (bicyclic) bond motifs is 1. The molecule has 0 aliphatic carbocycles. The third-order valence-corrected chi connectivity index (χ3v) is 4.16. The zero-order valence-electron chi connectivity index (χ0n) is 14.0. The van der Waals surface area contributed by atoms with Gasteiger partial charge in [-0.1, -0.05) is 35.4 Å². The SMILES string of the molecule is [C-]#[N+]/C(C#N)=C\c1c(-c2cc(C)cc(C)c2)n(C)c2ccccc12. The maximum absolute atomic E-state index is 9.18. The van der Waals surface area contributed by atoms with Crippen LogP contribution in [0.5, 0.6) is 0 Å². The van der Waals surface area contributed by atoms with Gasteiger partial charge in [0.1, 0.15) is 0 Å². The molecule has 116 valence electrons. The molecule has 0 aliphatic heterocycles. The molecule has 0 aliphatic rings. The van der Waals surface area contributed by atoms with E-state index in [1.807, 2.05) is 31.3 Å². The van der Waals surface area contributed by atoms with Crippen molar-refractivity contribution in [3.8, 4) is 17.3 Å². The molecule has 1 heterocycles. The van der Waals surface area contributed by atoms with E-state index >= 15 is 0 Å². The molecule has 3 aromatic rings. The Morgan fingerprint density at radius 2 is 1.83 bits per heavy atom. The van der Waals surface area contributed by atoms with Crippen molar-refractivity contribution in [1.82, 2.24) is 4.57 Å². The van der Waals surface area contributed by atoms with Gasteiger partial charge in [0, 0.05) is 18.0 Å². The van der Waals surface area contributed by atoms with E-state index in [0.29, 0.717) is 0 Å². The Morgan fingerprint density at radius 1 is 1.17 bits per heavy atom. The van der Waals surface area contributed by atoms with E-state index in [1.54, 1.807) is 6.08 Å². The molecule has 3 nitrogen and oxygen atoms in total. The average Bonchev–Trinajstić information content (AvgIpc) is 2.84. The molecule has 0 atom stereocenters. The summed E-state index contributed by atoms with van der Waals surface area (Å²) in [5.41, 5.74) is 6.61. The monoisotopic (exact) mass is 311 g/mol. The topological polar surface area (TPSA) is 33.1 Å². The van der Waals surface area contributed by atoms with Crippen molar-refractivity contribution in [3.05, 3.63) is 76.3 Å². The Labute approximate surface area is 141 Å². The standard InChI is InChI=1S/C21H17N3/c1-14-9-15(2)11-16(10-14)21-19(12-17(13-22)23-3)18-7-5-6-8-20(18)24(21)4/h5-12H,1-2,4H3/b17-12-. The summed E-state index contributed by atoms with van der Waals surface area (Å²) in [6.07, 6.45) is 1.70. The van der Waals surface area contributed by atoms with Crippen LogP contribution in [0.4, 0.5) is 0 Å². The number of rotatable bonds is 2. The first-order valence-corrected chi connectivity index (χ1v) is 7.70. The minimum absolute atomic E-state index is 0.0944. The third kappa shape index (κ3) is 2.57. The minimum atomic E-state index is 0.0944. The number of nitrogens with zero attached hydrogens (tertiary/aromatic N) is 3. The molecular formula is C21H17N3. The van der Waals surface area contributed by atoms with Gasteiger partial charge in [0.2, 0.25) is 0 Å². The highest BCUT2D eigenvalue weighted by atomic mass is 14.9. The molecule has 1 aromatic heterocycles. The predicted octanol–water partition coefficient (Wildman–Crippen LogP) is 5.25. The highest BCUT2D eigenvalue weighted by Gasteiger charge is 2.16. The van der Waals surface area contributed by atoms with Crippen LogP contribution in [0.15, 0.2) is 48.2 Å². The van der Waals surface area contributed by atoms with Gasteiger partial charge >= 0.3 is 0 Å². The van der Waals surface area contributed by atoms with Crippen LogP contribution in [-0.4, -0.2) is 4.57 Å². The van der Waals surface area contributed by atoms with Gasteiger partial charge in [-0.2, -0.15) is 0 Å². The largest absolute Gasteiger partial charge is 0.343 e. The van der Waals surface area contributed by atoms with Gasteiger partial charge in [-0.15, -0.1) is 0 Å². The lowest BCUT2D eigenvalue weighted by atomic mass is 10.0. The van der Waals surface area contributed by atoms with E-state index in [9.17, 15) is 5.26 Å². The van der Waals surface area contributed by atoms with Gasteiger partial charge in [0.05, 0.1) is 18.3 Å². The van der Waals surface area contributed by atoms with Crippen LogP contribution in [0, 0.1) is 31.8 Å². The lowest BCUT2D eigenvalue weighted by Crippen LogP contribution is -1.94. The Hall–Kier alpha value is -3.30. The first-order valence-electron chi connectivity index (χ1n) is 7.70. The fraction of sp³-hybridized carbons (Fsp3) is 0.143. The first kappa shape index (κ1) is 15.6. The van der Waals surface area contributed by atoms with Gasteiger partial charge in [0.25, 0.3) is 5.70 Å². The molecule has 0 bridgehead atoms. The van der Waals surface area contributed by atoms with Gasteiger partial charge in [-0.05, 0) is 49.2 Å². The number of para-hydroxylation sites is 1. The molecule has 0 N–H and O–H groups in total. The molecule has 3 rings (SSSR count). The van der Waals surface area contributed by atoms with Crippen LogP contribution in [-0.2, 0) is 7.05 Å². The summed E-state index contributed by atoms with van der Waals surface area (Å²) < 4.78 is 2.13. The number of hydrogen-bond acceptors (Lipinski definition) is 1. The van der Waals surface area contributed by atoms with Crippen LogP contribution in [0.3, 0.4) is 0 Å². The molecule has 0 saturated carbocycles. The number of hydrogen-bond donors (Lipinski definition) is 0. The van der Waals surface area contributed by atoms with E-state index < -0.39 is 0 Å². The first-order chi connectivity index (χ1) is 11.5. The second-order valence-electron chi connectivity index (χ2n) is 5.97. The summed E-state index contributed by atoms with van der Waals surface area (Å²) in [6.45, 7) is 11.4. The predicted molar refractivity (Wildman–Crippen MR) is 98.0 cm³/mol. The van der Waals surface area contributed by atoms with Crippen LogP contribution >= 0.6 is 0 Å². The Kier molecular flexibility index (Phi) is 3.94. The molecule has 2 aromatic carbocycles. The molecule has 0 radical (unpaired) electrons. The van der Waals surface area contributed by atoms with Crippen molar-refractivity contribution in [3.63, 3.8) is 0 Å². The van der Waals surface area contributed by atoms with Crippen molar-refractivity contribution in [2.45, 2.75) is 13.8 Å². The van der Waals surface area contributed by atoms with Crippen molar-refractivity contribution in [1.29, 1.82) is 5.26 Å². The molecule has 3 heteroatoms. The zero-order valence-corrected chi connectivity index (χ0v) is 14.0. The molecule has 0 unspecified atom stereocenters. The maximum atomic E-state index is 9.18. The van der Waals surface area contributed by atoms with E-state index in [1.165, 1.54) is 11.1 Å². The molecular weight excluding hydrogens is 294 g/mol. The number of allylic oxidation sites excluding steroid dienone is 1. The van der Waals surface area contributed by atoms with Gasteiger partial charge in [-0.25, -0.2) is 10.1 Å². The summed E-state index contributed by atoms with van der Waals surface area (Å²) in [5.74, 6) is 0. The molecule has 0 saturated heterocycles. The normalized spacial score (nSPS) is 11.3. The van der Waals surface area contributed by atoms with Crippen LogP contribution in [0.1, 0.15) is 16.7 Å². The minimum Gasteiger partial charge on any atom is -0.343 e. The second kappa shape index (κ2) is 6.07. The molecule has 0 fully saturated rings. The average molecular weight is 311 g/mol. The quantitative estimate of drug-likeness (QED) is 0.470. The lowest BCUT2D eigenvalue weighted by Gasteiger charge is -2.09. The summed E-state index contributed by atoms with van der Waals surface area (Å²) in [4.78, 5) is 3.33. The van der Waals surface area contributed by atoms with Gasteiger partial charge in [0.15, 0.2) is 0 Å². The third-order valence-electron chi connectivity index (χ3n) is 4.16. The van der Waals surface area contributed by atoms with Crippen molar-refractivity contribution in [2.75, 3.05) is 0 Å². The molecule has 24 heavy (non-hydrogen) atoms. The number of nitriles is 1. The lowest BCUT2D eigenvalue weighted by molar-refractivity contribution is 0.976. The number of aromatic nitrogens is 1. The highest BCUT2D eigenvalue weighted by Crippen LogP contribution is 2.35. The van der Waals surface area contributed by atoms with Crippen molar-refractivity contribution >= 4 is 17.0 Å². The maximum Gasteiger partial charge on any atom is 0.262 e. The summed E-state index contributed by atoms with van der Waals surface area (Å²) in [5, 5.41) is 10.2. The fourth-order valence-corrected chi connectivity index (χ4v) is 3.26. The Balaban J connectivity index is 2.43. The summed E-state index contributed by atoms with van der Waals surface area (Å²) in [7, 11) is 2.02.